The highest BCUT2D eigenvalue weighted by molar-refractivity contribution is 5.67. The van der Waals surface area contributed by atoms with Gasteiger partial charge in [-0.05, 0) is 37.0 Å². The van der Waals surface area contributed by atoms with Gasteiger partial charge in [0.05, 0.1) is 6.10 Å². The van der Waals surface area contributed by atoms with Gasteiger partial charge in [-0.1, -0.05) is 19.1 Å². The molecule has 2 N–H and O–H groups in total. The lowest BCUT2D eigenvalue weighted by Crippen LogP contribution is -2.77. The van der Waals surface area contributed by atoms with Gasteiger partial charge < -0.3 is 19.7 Å². The number of nitrogens with zero attached hydrogens (tertiary/aromatic N) is 1. The van der Waals surface area contributed by atoms with Crippen molar-refractivity contribution >= 4 is 11.9 Å². The lowest BCUT2D eigenvalue weighted by atomic mass is 9.39. The third-order valence-electron chi connectivity index (χ3n) is 10.9. The first kappa shape index (κ1) is 19.1. The number of aliphatic hydroxyl groups is 2. The topological polar surface area (TPSA) is 96.3 Å². The van der Waals surface area contributed by atoms with E-state index in [9.17, 15) is 19.8 Å². The Morgan fingerprint density at radius 3 is 2.52 bits per heavy atom. The Bertz CT molecular complexity index is 966. The van der Waals surface area contributed by atoms with Crippen LogP contribution in [0.15, 0.2) is 12.2 Å². The number of ether oxygens (including phenoxy) is 2. The average Bonchev–Trinajstić information content (AvgIpc) is 3.03. The van der Waals surface area contributed by atoms with Crippen LogP contribution >= 0.6 is 0 Å². The van der Waals surface area contributed by atoms with Crippen molar-refractivity contribution < 1.29 is 29.3 Å². The van der Waals surface area contributed by atoms with E-state index >= 15 is 0 Å². The van der Waals surface area contributed by atoms with Crippen LogP contribution in [0.2, 0.25) is 0 Å². The van der Waals surface area contributed by atoms with Crippen LogP contribution in [0.3, 0.4) is 0 Å². The summed E-state index contributed by atoms with van der Waals surface area (Å²) in [6.07, 6.45) is 1.30. The minimum Gasteiger partial charge on any atom is -0.463 e. The van der Waals surface area contributed by atoms with Crippen molar-refractivity contribution in [3.05, 3.63) is 12.2 Å². The van der Waals surface area contributed by atoms with Crippen LogP contribution in [0.25, 0.3) is 0 Å². The van der Waals surface area contributed by atoms with Gasteiger partial charge in [0.15, 0.2) is 0 Å². The smallest absolute Gasteiger partial charge is 0.303 e. The molecule has 9 bridgehead atoms. The lowest BCUT2D eigenvalue weighted by molar-refractivity contribution is -0.284. The van der Waals surface area contributed by atoms with Crippen LogP contribution in [0.5, 0.6) is 0 Å². The van der Waals surface area contributed by atoms with Gasteiger partial charge in [-0.2, -0.15) is 0 Å². The molecule has 9 rings (SSSR count). The standard InChI is InChI=1S/C24H31NO6/c1-10-5-22-8-14-17-21(4)6-13(30-11(2)26)7-23(17)18(22)16(28)15(10)19(31-12(3)27)24(22,29)20(23)25(14)9-21/h13-20,28-29H,1,5-9H2,2-4H3/t13-,14-,15+,16+,17+,18+,19+,20?,21-,22?,23-,24-/m0/s1. The molecule has 9 fully saturated rings. The Morgan fingerprint density at radius 1 is 1.13 bits per heavy atom. The minimum absolute atomic E-state index is 0.0120. The molecule has 9 aliphatic rings. The van der Waals surface area contributed by atoms with Crippen LogP contribution in [-0.4, -0.2) is 69.6 Å². The molecule has 0 aromatic rings. The van der Waals surface area contributed by atoms with Crippen LogP contribution in [0.4, 0.5) is 0 Å². The normalized spacial score (nSPS) is 63.5. The fourth-order valence-corrected chi connectivity index (χ4v) is 11.3. The highest BCUT2D eigenvalue weighted by Crippen LogP contribution is 2.88. The van der Waals surface area contributed by atoms with E-state index < -0.39 is 35.1 Å². The molecular weight excluding hydrogens is 398 g/mol. The zero-order valence-corrected chi connectivity index (χ0v) is 18.3. The summed E-state index contributed by atoms with van der Waals surface area (Å²) < 4.78 is 11.6. The average molecular weight is 430 g/mol. The molecule has 7 heteroatoms. The third kappa shape index (κ3) is 1.65. The minimum atomic E-state index is -1.21. The van der Waals surface area contributed by atoms with Gasteiger partial charge in [0.1, 0.15) is 17.8 Å². The molecule has 3 aliphatic heterocycles. The zero-order valence-electron chi connectivity index (χ0n) is 18.3. The summed E-state index contributed by atoms with van der Waals surface area (Å²) >= 11 is 0. The number of carbonyl (C=O) groups is 2. The number of esters is 2. The first-order chi connectivity index (χ1) is 14.5. The summed E-state index contributed by atoms with van der Waals surface area (Å²) in [5.41, 5.74) is -1.20. The van der Waals surface area contributed by atoms with Crippen molar-refractivity contribution in [3.8, 4) is 0 Å². The molecule has 6 aliphatic carbocycles. The first-order valence-electron chi connectivity index (χ1n) is 11.7. The molecule has 7 nitrogen and oxygen atoms in total. The highest BCUT2D eigenvalue weighted by atomic mass is 16.6. The second-order valence-corrected chi connectivity index (χ2v) is 12.1. The number of fused-ring (bicyclic) bond motifs is 1. The molecule has 2 spiro atoms. The third-order valence-corrected chi connectivity index (χ3v) is 10.9. The molecule has 3 unspecified atom stereocenters. The Hall–Kier alpha value is -1.44. The molecule has 3 saturated heterocycles. The highest BCUT2D eigenvalue weighted by Gasteiger charge is 2.95. The Balaban J connectivity index is 1.47. The summed E-state index contributed by atoms with van der Waals surface area (Å²) in [7, 11) is 0. The molecule has 0 aromatic heterocycles. The second-order valence-electron chi connectivity index (χ2n) is 12.1. The SMILES string of the molecule is C=C1CC23C[C@H]4[C@@H]5[C@@]6(C)C[C@H](OC(C)=O)C[C@]57C(N4C6)[C@@]2(O)[C@H](OC(C)=O)[C@H]1[C@@H](O)[C@H]37. The van der Waals surface area contributed by atoms with Crippen LogP contribution in [0.1, 0.15) is 46.5 Å². The monoisotopic (exact) mass is 429 g/mol. The van der Waals surface area contributed by atoms with Gasteiger partial charge in [0.25, 0.3) is 0 Å². The molecule has 31 heavy (non-hydrogen) atoms. The predicted octanol–water partition coefficient (Wildman–Crippen LogP) is 1.02. The van der Waals surface area contributed by atoms with Crippen molar-refractivity contribution in [2.75, 3.05) is 6.54 Å². The van der Waals surface area contributed by atoms with Gasteiger partial charge in [0, 0.05) is 55.1 Å². The predicted molar refractivity (Wildman–Crippen MR) is 107 cm³/mol. The van der Waals surface area contributed by atoms with Crippen molar-refractivity contribution in [3.63, 3.8) is 0 Å². The molecule has 0 radical (unpaired) electrons. The quantitative estimate of drug-likeness (QED) is 0.500. The molecule has 13 atom stereocenters. The summed E-state index contributed by atoms with van der Waals surface area (Å²) in [5, 5.41) is 24.4. The Morgan fingerprint density at radius 2 is 1.84 bits per heavy atom. The molecule has 168 valence electrons. The van der Waals surface area contributed by atoms with Crippen molar-refractivity contribution in [2.24, 2.45) is 34.0 Å². The lowest BCUT2D eigenvalue weighted by Gasteiger charge is -2.68. The molecular formula is C24H31NO6. The fraction of sp³-hybridized carbons (Fsp3) is 0.833. The van der Waals surface area contributed by atoms with E-state index in [0.29, 0.717) is 24.8 Å². The van der Waals surface area contributed by atoms with Crippen molar-refractivity contribution in [2.45, 2.75) is 82.5 Å². The molecule has 3 heterocycles. The maximum absolute atomic E-state index is 12.6. The zero-order chi connectivity index (χ0) is 21.9. The van der Waals surface area contributed by atoms with Crippen molar-refractivity contribution in [1.82, 2.24) is 4.90 Å². The van der Waals surface area contributed by atoms with E-state index in [1.807, 2.05) is 0 Å². The number of carbonyl (C=O) groups excluding carboxylic acids is 2. The fourth-order valence-electron chi connectivity index (χ4n) is 11.3. The maximum atomic E-state index is 12.6. The summed E-state index contributed by atoms with van der Waals surface area (Å²) in [4.78, 5) is 26.5. The Labute approximate surface area is 181 Å². The van der Waals surface area contributed by atoms with Crippen LogP contribution < -0.4 is 0 Å². The van der Waals surface area contributed by atoms with E-state index in [0.717, 1.165) is 25.0 Å². The second kappa shape index (κ2) is 5.05. The van der Waals surface area contributed by atoms with Gasteiger partial charge >= 0.3 is 11.9 Å². The summed E-state index contributed by atoms with van der Waals surface area (Å²) in [6, 6.07) is 0.176. The van der Waals surface area contributed by atoms with Gasteiger partial charge in [-0.15, -0.1) is 0 Å². The van der Waals surface area contributed by atoms with Gasteiger partial charge in [-0.3, -0.25) is 14.5 Å². The number of hydrogen-bond donors (Lipinski definition) is 2. The largest absolute Gasteiger partial charge is 0.463 e. The number of rotatable bonds is 2. The maximum Gasteiger partial charge on any atom is 0.303 e. The Kier molecular flexibility index (Phi) is 3.10. The summed E-state index contributed by atoms with van der Waals surface area (Å²) in [5.74, 6) is -0.896. The van der Waals surface area contributed by atoms with E-state index in [2.05, 4.69) is 18.4 Å². The van der Waals surface area contributed by atoms with E-state index in [1.54, 1.807) is 0 Å². The van der Waals surface area contributed by atoms with Gasteiger partial charge in [0.2, 0.25) is 0 Å². The molecule has 0 aromatic carbocycles. The number of hydrogen-bond acceptors (Lipinski definition) is 7. The number of aliphatic hydroxyl groups excluding tert-OH is 1. The van der Waals surface area contributed by atoms with Crippen LogP contribution in [0, 0.1) is 34.0 Å². The van der Waals surface area contributed by atoms with Gasteiger partial charge in [-0.25, -0.2) is 0 Å². The van der Waals surface area contributed by atoms with Crippen LogP contribution in [-0.2, 0) is 19.1 Å². The molecule has 6 saturated carbocycles. The van der Waals surface area contributed by atoms with Crippen molar-refractivity contribution in [1.29, 1.82) is 0 Å². The van der Waals surface area contributed by atoms with E-state index in [4.69, 9.17) is 9.47 Å². The van der Waals surface area contributed by atoms with E-state index in [-0.39, 0.29) is 34.9 Å². The summed E-state index contributed by atoms with van der Waals surface area (Å²) in [6.45, 7) is 10.3. The number of piperidine rings is 2. The first-order valence-corrected chi connectivity index (χ1v) is 11.7. The molecule has 0 amide bonds. The van der Waals surface area contributed by atoms with E-state index in [1.165, 1.54) is 13.8 Å².